The van der Waals surface area contributed by atoms with Crippen molar-refractivity contribution < 1.29 is 14.3 Å². The van der Waals surface area contributed by atoms with Gasteiger partial charge in [-0.25, -0.2) is 4.39 Å². The second-order valence-electron chi connectivity index (χ2n) is 6.62. The smallest absolute Gasteiger partial charge is 0.254 e. The van der Waals surface area contributed by atoms with Crippen molar-refractivity contribution in [3.05, 3.63) is 64.4 Å². The van der Waals surface area contributed by atoms with Gasteiger partial charge in [-0.2, -0.15) is 0 Å². The highest BCUT2D eigenvalue weighted by molar-refractivity contribution is 6.32. The molecule has 0 aliphatic carbocycles. The maximum absolute atomic E-state index is 13.0. The Balaban J connectivity index is 1.72. The van der Waals surface area contributed by atoms with E-state index in [0.717, 1.165) is 31.2 Å². The fraction of sp³-hybridized carbons (Fsp3) is 0.350. The number of rotatable bonds is 4. The molecule has 2 aromatic carbocycles. The van der Waals surface area contributed by atoms with Crippen molar-refractivity contribution in [2.45, 2.75) is 44.7 Å². The molecule has 25 heavy (non-hydrogen) atoms. The van der Waals surface area contributed by atoms with Crippen LogP contribution in [0.15, 0.2) is 42.5 Å². The Hall–Kier alpha value is -2.07. The lowest BCUT2D eigenvalue weighted by atomic mass is 10.0. The topological polar surface area (TPSA) is 40.5 Å². The van der Waals surface area contributed by atoms with Gasteiger partial charge in [-0.05, 0) is 68.5 Å². The monoisotopic (exact) mass is 361 g/mol. The Labute approximate surface area is 152 Å². The standard InChI is InChI=1S/C20H21ClFNO2/c1-13-2-9-17(10-5-14-3-7-16(22)8-4-14)23(13)20(25)15-6-11-19(24)18(21)12-15/h3-4,6-8,11-13,17,24H,2,5,9-10H2,1H3/t13-,17-/m1/s1. The van der Waals surface area contributed by atoms with Crippen LogP contribution in [-0.2, 0) is 6.42 Å². The number of phenols is 1. The molecule has 0 bridgehead atoms. The van der Waals surface area contributed by atoms with Crippen LogP contribution in [0.4, 0.5) is 4.39 Å². The molecule has 1 amide bonds. The van der Waals surface area contributed by atoms with Crippen molar-refractivity contribution in [2.75, 3.05) is 0 Å². The Morgan fingerprint density at radius 3 is 2.64 bits per heavy atom. The molecule has 2 aromatic rings. The van der Waals surface area contributed by atoms with E-state index in [1.54, 1.807) is 18.2 Å². The number of aromatic hydroxyl groups is 1. The molecule has 1 heterocycles. The fourth-order valence-electron chi connectivity index (χ4n) is 3.49. The first-order chi connectivity index (χ1) is 12.0. The van der Waals surface area contributed by atoms with E-state index >= 15 is 0 Å². The zero-order valence-electron chi connectivity index (χ0n) is 14.1. The van der Waals surface area contributed by atoms with Crippen LogP contribution in [0.3, 0.4) is 0 Å². The fourth-order valence-corrected chi connectivity index (χ4v) is 3.67. The number of carbonyl (C=O) groups is 1. The molecule has 1 fully saturated rings. The number of benzene rings is 2. The molecule has 132 valence electrons. The van der Waals surface area contributed by atoms with Crippen molar-refractivity contribution in [2.24, 2.45) is 0 Å². The van der Waals surface area contributed by atoms with Crippen LogP contribution in [0, 0.1) is 5.82 Å². The molecule has 0 aromatic heterocycles. The van der Waals surface area contributed by atoms with Gasteiger partial charge in [0.05, 0.1) is 5.02 Å². The highest BCUT2D eigenvalue weighted by Crippen LogP contribution is 2.31. The minimum atomic E-state index is -0.237. The predicted octanol–water partition coefficient (Wildman–Crippen LogP) is 4.81. The summed E-state index contributed by atoms with van der Waals surface area (Å²) in [7, 11) is 0. The Kier molecular flexibility index (Phi) is 5.28. The summed E-state index contributed by atoms with van der Waals surface area (Å²) < 4.78 is 13.0. The van der Waals surface area contributed by atoms with E-state index in [2.05, 4.69) is 6.92 Å². The average Bonchev–Trinajstić information content (AvgIpc) is 2.97. The molecular formula is C20H21ClFNO2. The van der Waals surface area contributed by atoms with Crippen LogP contribution in [0.25, 0.3) is 0 Å². The predicted molar refractivity (Wildman–Crippen MR) is 96.5 cm³/mol. The number of phenolic OH excluding ortho intramolecular Hbond substituents is 1. The van der Waals surface area contributed by atoms with Crippen molar-refractivity contribution in [1.29, 1.82) is 0 Å². The lowest BCUT2D eigenvalue weighted by molar-refractivity contribution is 0.0673. The van der Waals surface area contributed by atoms with Crippen molar-refractivity contribution in [3.63, 3.8) is 0 Å². The van der Waals surface area contributed by atoms with Gasteiger partial charge in [0, 0.05) is 17.6 Å². The third-order valence-corrected chi connectivity index (χ3v) is 5.20. The Morgan fingerprint density at radius 2 is 1.96 bits per heavy atom. The van der Waals surface area contributed by atoms with Gasteiger partial charge < -0.3 is 10.0 Å². The molecule has 0 saturated carbocycles. The van der Waals surface area contributed by atoms with Crippen LogP contribution in [0.2, 0.25) is 5.02 Å². The third-order valence-electron chi connectivity index (χ3n) is 4.89. The molecular weight excluding hydrogens is 341 g/mol. The van der Waals surface area contributed by atoms with Gasteiger partial charge in [-0.1, -0.05) is 23.7 Å². The molecule has 0 unspecified atom stereocenters. The van der Waals surface area contributed by atoms with Gasteiger partial charge >= 0.3 is 0 Å². The summed E-state index contributed by atoms with van der Waals surface area (Å²) in [5.74, 6) is -0.323. The normalized spacial score (nSPS) is 20.0. The van der Waals surface area contributed by atoms with Crippen molar-refractivity contribution in [1.82, 2.24) is 4.90 Å². The van der Waals surface area contributed by atoms with E-state index in [4.69, 9.17) is 11.6 Å². The summed E-state index contributed by atoms with van der Waals surface area (Å²) in [5, 5.41) is 9.72. The maximum Gasteiger partial charge on any atom is 0.254 e. The highest BCUT2D eigenvalue weighted by atomic mass is 35.5. The summed E-state index contributed by atoms with van der Waals surface area (Å²) in [4.78, 5) is 14.8. The number of nitrogens with zero attached hydrogens (tertiary/aromatic N) is 1. The van der Waals surface area contributed by atoms with E-state index in [1.165, 1.54) is 24.3 Å². The first-order valence-electron chi connectivity index (χ1n) is 8.51. The van der Waals surface area contributed by atoms with E-state index < -0.39 is 0 Å². The number of carbonyl (C=O) groups excluding carboxylic acids is 1. The van der Waals surface area contributed by atoms with Crippen LogP contribution >= 0.6 is 11.6 Å². The van der Waals surface area contributed by atoms with Gasteiger partial charge in [-0.15, -0.1) is 0 Å². The molecule has 3 nitrogen and oxygen atoms in total. The number of amides is 1. The molecule has 1 aliphatic rings. The van der Waals surface area contributed by atoms with Crippen LogP contribution in [0.1, 0.15) is 42.1 Å². The van der Waals surface area contributed by atoms with Gasteiger partial charge in [0.15, 0.2) is 0 Å². The van der Waals surface area contributed by atoms with Gasteiger partial charge in [0.25, 0.3) is 5.91 Å². The summed E-state index contributed by atoms with van der Waals surface area (Å²) in [6.45, 7) is 2.05. The van der Waals surface area contributed by atoms with E-state index in [1.807, 2.05) is 4.90 Å². The number of likely N-dealkylation sites (tertiary alicyclic amines) is 1. The molecule has 3 rings (SSSR count). The number of halogens is 2. The molecule has 1 N–H and O–H groups in total. The minimum absolute atomic E-state index is 0.0273. The lowest BCUT2D eigenvalue weighted by Crippen LogP contribution is -2.40. The molecule has 1 aliphatic heterocycles. The van der Waals surface area contributed by atoms with Crippen molar-refractivity contribution in [3.8, 4) is 5.75 Å². The first-order valence-corrected chi connectivity index (χ1v) is 8.89. The zero-order chi connectivity index (χ0) is 18.0. The highest BCUT2D eigenvalue weighted by Gasteiger charge is 2.34. The first kappa shape index (κ1) is 17.7. The third kappa shape index (κ3) is 3.96. The SMILES string of the molecule is C[C@@H]1CC[C@H](CCc2ccc(F)cc2)N1C(=O)c1ccc(O)c(Cl)c1. The van der Waals surface area contributed by atoms with Gasteiger partial charge in [0.2, 0.25) is 0 Å². The Morgan fingerprint density at radius 1 is 1.24 bits per heavy atom. The van der Waals surface area contributed by atoms with Crippen LogP contribution in [-0.4, -0.2) is 28.0 Å². The van der Waals surface area contributed by atoms with Crippen LogP contribution < -0.4 is 0 Å². The molecule has 0 radical (unpaired) electrons. The van der Waals surface area contributed by atoms with Crippen LogP contribution in [0.5, 0.6) is 5.75 Å². The maximum atomic E-state index is 13.0. The quantitative estimate of drug-likeness (QED) is 0.848. The molecule has 5 heteroatoms. The number of aryl methyl sites for hydroxylation is 1. The molecule has 0 spiro atoms. The summed E-state index contributed by atoms with van der Waals surface area (Å²) in [6.07, 6.45) is 3.57. The van der Waals surface area contributed by atoms with Gasteiger partial charge in [-0.3, -0.25) is 4.79 Å². The lowest BCUT2D eigenvalue weighted by Gasteiger charge is -2.29. The summed E-state index contributed by atoms with van der Waals surface area (Å²) >= 11 is 5.94. The van der Waals surface area contributed by atoms with Gasteiger partial charge in [0.1, 0.15) is 11.6 Å². The van der Waals surface area contributed by atoms with E-state index in [-0.39, 0.29) is 34.6 Å². The summed E-state index contributed by atoms with van der Waals surface area (Å²) in [5.41, 5.74) is 1.56. The summed E-state index contributed by atoms with van der Waals surface area (Å²) in [6, 6.07) is 11.4. The minimum Gasteiger partial charge on any atom is -0.506 e. The second-order valence-corrected chi connectivity index (χ2v) is 7.03. The average molecular weight is 362 g/mol. The molecule has 2 atom stereocenters. The van der Waals surface area contributed by atoms with Crippen molar-refractivity contribution >= 4 is 17.5 Å². The number of hydrogen-bond acceptors (Lipinski definition) is 2. The zero-order valence-corrected chi connectivity index (χ0v) is 14.8. The Bertz CT molecular complexity index is 763. The van der Waals surface area contributed by atoms with E-state index in [0.29, 0.717) is 5.56 Å². The largest absolute Gasteiger partial charge is 0.506 e. The second kappa shape index (κ2) is 7.44. The molecule has 1 saturated heterocycles. The van der Waals surface area contributed by atoms with E-state index in [9.17, 15) is 14.3 Å². The number of hydrogen-bond donors (Lipinski definition) is 1.